The molecule has 0 rings (SSSR count). The molecule has 0 saturated carbocycles. The van der Waals surface area contributed by atoms with Gasteiger partial charge in [-0.25, -0.2) is 0 Å². The number of hydrogen-bond acceptors (Lipinski definition) is 0. The Hall–Kier alpha value is 2.82. The summed E-state index contributed by atoms with van der Waals surface area (Å²) in [6.07, 6.45) is -0.571. The molecule has 0 aromatic carbocycles. The lowest BCUT2D eigenvalue weighted by atomic mass is 25.6. The monoisotopic (exact) mass is 392 g/mol. The Kier molecular flexibility index (Phi) is 6.07. The first-order chi connectivity index (χ1) is 5.44. The van der Waals surface area contributed by atoms with Crippen molar-refractivity contribution in [3.63, 3.8) is 0 Å². The molecule has 0 aliphatic rings. The van der Waals surface area contributed by atoms with Crippen LogP contribution in [0.2, 0.25) is 0 Å². The molecule has 0 amide bonds. The lowest BCUT2D eigenvalue weighted by molar-refractivity contribution is 3.25. The predicted octanol–water partition coefficient (Wildman–Crippen LogP) is -12.4. The second-order valence-corrected chi connectivity index (χ2v) is 185. The SMILES string of the molecule is [SiH3][SiH]([SiH3])[Si]([SiH3])([Si]([SiH3])([SiH3])[SiH3])[Si]([SiH3])([SiH3])[SiH3]. The van der Waals surface area contributed by atoms with Crippen LogP contribution in [-0.2, 0) is 0 Å². The fraction of sp³-hybridized carbons (Fsp3) is 0. The van der Waals surface area contributed by atoms with E-state index in [2.05, 4.69) is 0 Å². The highest BCUT2D eigenvalue weighted by atomic mass is 30.6. The molecule has 0 spiro atoms. The Balaban J connectivity index is 5.22. The van der Waals surface area contributed by atoms with E-state index in [1.54, 1.807) is 78.1 Å². The van der Waals surface area contributed by atoms with E-state index in [4.69, 9.17) is 0 Å². The molecule has 80 valence electrons. The van der Waals surface area contributed by atoms with Gasteiger partial charge in [-0.2, -0.15) is 0 Å². The second kappa shape index (κ2) is 4.99. The molecule has 0 fully saturated rings. The molecule has 0 aromatic rings. The van der Waals surface area contributed by atoms with Crippen molar-refractivity contribution in [3.05, 3.63) is 0 Å². The summed E-state index contributed by atoms with van der Waals surface area (Å²) in [5, 5.41) is 0. The van der Waals surface area contributed by atoms with Crippen molar-refractivity contribution in [2.75, 3.05) is 0 Å². The van der Waals surface area contributed by atoms with Gasteiger partial charge in [-0.3, -0.25) is 0 Å². The third kappa shape index (κ3) is 3.39. The Bertz CT molecular complexity index is 147. The van der Waals surface area contributed by atoms with Crippen molar-refractivity contribution in [1.82, 2.24) is 0 Å². The molecule has 0 N–H and O–H groups in total. The topological polar surface area (TPSA) is 0 Å². The zero-order valence-electron chi connectivity index (χ0n) is 11.1. The fourth-order valence-corrected chi connectivity index (χ4v) is 694. The number of hydrogen-bond donors (Lipinski definition) is 0. The molecule has 0 bridgehead atoms. The summed E-state index contributed by atoms with van der Waals surface area (Å²) in [5.74, 6) is 0. The van der Waals surface area contributed by atoms with Gasteiger partial charge in [0.05, 0.1) is 0 Å². The van der Waals surface area contributed by atoms with Crippen LogP contribution in [0, 0.1) is 0 Å². The van der Waals surface area contributed by atoms with Gasteiger partial charge in [0.2, 0.25) is 0 Å². The van der Waals surface area contributed by atoms with Crippen molar-refractivity contribution in [3.8, 4) is 0 Å². The van der Waals surface area contributed by atoms with Crippen LogP contribution in [0.4, 0.5) is 0 Å². The van der Waals surface area contributed by atoms with E-state index >= 15 is 0 Å². The summed E-state index contributed by atoms with van der Waals surface area (Å²) >= 11 is 0. The first-order valence-electron chi connectivity index (χ1n) is 5.44. The van der Waals surface area contributed by atoms with E-state index in [1.807, 2.05) is 9.76 Å². The molecular formula is H28Si13. The van der Waals surface area contributed by atoms with E-state index in [9.17, 15) is 0 Å². The van der Waals surface area contributed by atoms with Crippen molar-refractivity contribution >= 4 is 114 Å². The normalized spacial score (nSPS) is 30.5. The summed E-state index contributed by atoms with van der Waals surface area (Å²) in [4.78, 5) is 0. The average Bonchev–Trinajstić information content (AvgIpc) is 1.80. The van der Waals surface area contributed by atoms with E-state index < -0.39 is 0 Å². The second-order valence-electron chi connectivity index (χ2n) is 6.86. The van der Waals surface area contributed by atoms with E-state index in [0.29, 0.717) is 0 Å². The highest BCUT2D eigenvalue weighted by Gasteiger charge is 2.51. The van der Waals surface area contributed by atoms with Crippen LogP contribution >= 0.6 is 0 Å². The van der Waals surface area contributed by atoms with Gasteiger partial charge in [0, 0.05) is 0 Å². The third-order valence-electron chi connectivity index (χ3n) is 4.27. The lowest BCUT2D eigenvalue weighted by Crippen LogP contribution is -2.89. The molecule has 0 saturated heterocycles. The van der Waals surface area contributed by atoms with Gasteiger partial charge < -0.3 is 0 Å². The fourth-order valence-electron chi connectivity index (χ4n) is 2.86. The maximum atomic E-state index is 1.87. The van der Waals surface area contributed by atoms with Crippen LogP contribution in [0.5, 0.6) is 0 Å². The summed E-state index contributed by atoms with van der Waals surface area (Å²) in [5.41, 5.74) is 0. The first-order valence-corrected chi connectivity index (χ1v) is 49.0. The predicted molar refractivity (Wildman–Crippen MR) is 114 cm³/mol. The Morgan fingerprint density at radius 1 is 0.615 bits per heavy atom. The average molecular weight is 393 g/mol. The van der Waals surface area contributed by atoms with Crippen LogP contribution in [0.15, 0.2) is 0 Å². The Morgan fingerprint density at radius 2 is 0.846 bits per heavy atom. The van der Waals surface area contributed by atoms with Crippen molar-refractivity contribution < 1.29 is 0 Å². The standard InChI is InChI=1S/H28Si13/c1-10(2)13(9,11(3,4)5)12(6,7)8/h10H,1-9H3. The molecule has 13 heavy (non-hydrogen) atoms. The van der Waals surface area contributed by atoms with E-state index in [0.717, 1.165) is 0 Å². The maximum absolute atomic E-state index is 1.87. The minimum Gasteiger partial charge on any atom is -0.0114 e. The molecule has 0 aliphatic heterocycles. The highest BCUT2D eigenvalue weighted by Crippen LogP contribution is 2.13. The first kappa shape index (κ1) is 15.8. The van der Waals surface area contributed by atoms with Gasteiger partial charge in [0.15, 0.2) is 0 Å². The summed E-state index contributed by atoms with van der Waals surface area (Å²) in [6.45, 7) is 0. The van der Waals surface area contributed by atoms with Crippen LogP contribution in [0.25, 0.3) is 0 Å². The Labute approximate surface area is 112 Å². The molecular weight excluding hydrogens is 365 g/mol. The molecule has 0 aliphatic carbocycles. The van der Waals surface area contributed by atoms with Crippen LogP contribution in [-0.4, -0.2) is 114 Å². The zero-order chi connectivity index (χ0) is 11.1. The molecule has 0 atom stereocenters. The quantitative estimate of drug-likeness (QED) is 0.418. The maximum Gasteiger partial charge on any atom is -0.00329 e. The molecule has 0 heterocycles. The molecule has 13 heteroatoms. The summed E-state index contributed by atoms with van der Waals surface area (Å²) in [7, 11) is 16.4. The van der Waals surface area contributed by atoms with Crippen molar-refractivity contribution in [2.45, 2.75) is 0 Å². The molecule has 0 aromatic heterocycles. The molecule has 0 radical (unpaired) electrons. The van der Waals surface area contributed by atoms with E-state index in [-0.39, 0.29) is 25.8 Å². The van der Waals surface area contributed by atoms with Crippen molar-refractivity contribution in [1.29, 1.82) is 0 Å². The highest BCUT2D eigenvalue weighted by molar-refractivity contribution is 8.27. The zero-order valence-corrected chi connectivity index (χ0v) is 33.2. The van der Waals surface area contributed by atoms with Gasteiger partial charge in [-0.05, 0) is 114 Å². The number of rotatable bonds is 3. The van der Waals surface area contributed by atoms with E-state index in [1.165, 1.54) is 0 Å². The van der Waals surface area contributed by atoms with Gasteiger partial charge in [-0.15, -0.1) is 0 Å². The van der Waals surface area contributed by atoms with Gasteiger partial charge in [-0.1, -0.05) is 0 Å². The largest absolute Gasteiger partial charge is 0.0114 e. The lowest BCUT2D eigenvalue weighted by Gasteiger charge is -2.51. The van der Waals surface area contributed by atoms with Gasteiger partial charge in [0.25, 0.3) is 0 Å². The van der Waals surface area contributed by atoms with Crippen LogP contribution in [0.3, 0.4) is 0 Å². The van der Waals surface area contributed by atoms with Crippen LogP contribution < -0.4 is 0 Å². The minimum atomic E-state index is -0.195. The minimum absolute atomic E-state index is 0.160. The summed E-state index contributed by atoms with van der Waals surface area (Å²) in [6, 6.07) is 0. The van der Waals surface area contributed by atoms with Crippen molar-refractivity contribution in [2.24, 2.45) is 0 Å². The molecule has 0 unspecified atom stereocenters. The van der Waals surface area contributed by atoms with Gasteiger partial charge >= 0.3 is 0 Å². The van der Waals surface area contributed by atoms with Gasteiger partial charge in [0.1, 0.15) is 0 Å². The smallest absolute Gasteiger partial charge is 0.00329 e. The Morgan fingerprint density at radius 3 is 0.846 bits per heavy atom. The third-order valence-corrected chi connectivity index (χ3v) is 346. The summed E-state index contributed by atoms with van der Waals surface area (Å²) < 4.78 is 0. The van der Waals surface area contributed by atoms with Crippen LogP contribution in [0.1, 0.15) is 0 Å². The molecule has 0 nitrogen and oxygen atoms in total.